The highest BCUT2D eigenvalue weighted by molar-refractivity contribution is 7.93. The number of likely N-dealkylation sites (tertiary alicyclic amines) is 1. The van der Waals surface area contributed by atoms with E-state index in [1.807, 2.05) is 24.3 Å². The van der Waals surface area contributed by atoms with Gasteiger partial charge in [-0.05, 0) is 31.2 Å². The number of sulfone groups is 1. The van der Waals surface area contributed by atoms with E-state index in [1.54, 1.807) is 37.3 Å². The second-order valence-corrected chi connectivity index (χ2v) is 9.78. The molecule has 5 nitrogen and oxygen atoms in total. The number of carbonyl (C=O) groups excluding carboxylic acids is 1. The fourth-order valence-corrected chi connectivity index (χ4v) is 5.86. The van der Waals surface area contributed by atoms with Crippen molar-refractivity contribution in [1.82, 2.24) is 0 Å². The minimum Gasteiger partial charge on any atom is -0.465 e. The molecule has 0 spiro atoms. The van der Waals surface area contributed by atoms with Crippen LogP contribution in [0.5, 0.6) is 0 Å². The maximum atomic E-state index is 13.4. The minimum absolute atomic E-state index is 0.159. The fraction of sp³-hybridized carbons (Fsp3) is 0.381. The smallest absolute Gasteiger partial charge is 0.328 e. The van der Waals surface area contributed by atoms with Gasteiger partial charge in [0.25, 0.3) is 0 Å². The molecule has 0 bridgehead atoms. The summed E-state index contributed by atoms with van der Waals surface area (Å²) in [6.07, 6.45) is 0.484. The van der Waals surface area contributed by atoms with Crippen molar-refractivity contribution in [1.29, 1.82) is 0 Å². The van der Waals surface area contributed by atoms with Gasteiger partial charge >= 0.3 is 5.97 Å². The molecular weight excluding hydrogens is 398 g/mol. The summed E-state index contributed by atoms with van der Waals surface area (Å²) in [7, 11) is -3.85. The first kappa shape index (κ1) is 20.8. The Morgan fingerprint density at radius 1 is 1.07 bits per heavy atom. The van der Waals surface area contributed by atoms with Crippen molar-refractivity contribution >= 4 is 27.4 Å². The Balaban J connectivity index is 1.83. The van der Waals surface area contributed by atoms with Crippen LogP contribution in [0, 0.1) is 0 Å². The largest absolute Gasteiger partial charge is 0.465 e. The van der Waals surface area contributed by atoms with E-state index in [0.717, 1.165) is 12.1 Å². The maximum absolute atomic E-state index is 13.4. The van der Waals surface area contributed by atoms with Crippen LogP contribution in [0.1, 0.15) is 25.3 Å². The van der Waals surface area contributed by atoms with E-state index in [0.29, 0.717) is 18.1 Å². The standard InChI is InChI=1S/C21H24ClNO4S/c1-2-27-20(24)21(28(25,26)19-6-4-3-5-7-19)12-14-23(15-13-21)16-17-8-10-18(22)11-9-17/h3-11H,2,12-16H2,1H3/p+1. The molecule has 2 aromatic rings. The monoisotopic (exact) mass is 422 g/mol. The Morgan fingerprint density at radius 2 is 1.68 bits per heavy atom. The number of benzene rings is 2. The highest BCUT2D eigenvalue weighted by Gasteiger charge is 2.55. The van der Waals surface area contributed by atoms with Crippen molar-refractivity contribution in [2.24, 2.45) is 0 Å². The van der Waals surface area contributed by atoms with Crippen molar-refractivity contribution in [3.8, 4) is 0 Å². The molecule has 1 aliphatic heterocycles. The van der Waals surface area contributed by atoms with Gasteiger partial charge in [0.2, 0.25) is 0 Å². The minimum atomic E-state index is -3.85. The Hall–Kier alpha value is -1.89. The molecule has 0 aromatic heterocycles. The highest BCUT2D eigenvalue weighted by atomic mass is 35.5. The lowest BCUT2D eigenvalue weighted by atomic mass is 9.95. The molecule has 0 atom stereocenters. The van der Waals surface area contributed by atoms with Gasteiger partial charge in [-0.15, -0.1) is 0 Å². The third kappa shape index (κ3) is 4.09. The lowest BCUT2D eigenvalue weighted by Crippen LogP contribution is -3.12. The van der Waals surface area contributed by atoms with Crippen LogP contribution in [-0.2, 0) is 25.9 Å². The van der Waals surface area contributed by atoms with Gasteiger partial charge < -0.3 is 9.64 Å². The first-order chi connectivity index (χ1) is 13.4. The summed E-state index contributed by atoms with van der Waals surface area (Å²) in [5.74, 6) is -0.635. The average Bonchev–Trinajstić information content (AvgIpc) is 2.71. The van der Waals surface area contributed by atoms with Gasteiger partial charge in [-0.1, -0.05) is 41.9 Å². The molecule has 0 aliphatic carbocycles. The summed E-state index contributed by atoms with van der Waals surface area (Å²) in [5.41, 5.74) is 1.13. The van der Waals surface area contributed by atoms with Crippen LogP contribution in [0.3, 0.4) is 0 Å². The highest BCUT2D eigenvalue weighted by Crippen LogP contribution is 2.34. The van der Waals surface area contributed by atoms with Gasteiger partial charge in [-0.25, -0.2) is 8.42 Å². The molecule has 28 heavy (non-hydrogen) atoms. The fourth-order valence-electron chi connectivity index (χ4n) is 3.75. The van der Waals surface area contributed by atoms with Crippen molar-refractivity contribution in [2.45, 2.75) is 36.0 Å². The molecule has 0 saturated carbocycles. The van der Waals surface area contributed by atoms with Crippen molar-refractivity contribution in [3.63, 3.8) is 0 Å². The molecule has 7 heteroatoms. The van der Waals surface area contributed by atoms with Gasteiger partial charge in [-0.2, -0.15) is 0 Å². The number of rotatable bonds is 6. The zero-order chi connectivity index (χ0) is 20.2. The van der Waals surface area contributed by atoms with E-state index in [2.05, 4.69) is 0 Å². The Kier molecular flexibility index (Phi) is 6.43. The van der Waals surface area contributed by atoms with E-state index in [1.165, 1.54) is 4.90 Å². The molecule has 0 amide bonds. The molecule has 1 fully saturated rings. The zero-order valence-corrected chi connectivity index (χ0v) is 17.4. The van der Waals surface area contributed by atoms with Crippen molar-refractivity contribution in [2.75, 3.05) is 19.7 Å². The number of piperidine rings is 1. The molecular formula is C21H25ClNO4S+. The van der Waals surface area contributed by atoms with Gasteiger partial charge in [0.15, 0.2) is 14.6 Å². The van der Waals surface area contributed by atoms with E-state index in [4.69, 9.17) is 16.3 Å². The Labute approximate surface area is 171 Å². The molecule has 1 heterocycles. The summed E-state index contributed by atoms with van der Waals surface area (Å²) < 4.78 is 30.5. The number of nitrogens with one attached hydrogen (secondary N) is 1. The molecule has 0 unspecified atom stereocenters. The van der Waals surface area contributed by atoms with E-state index < -0.39 is 20.6 Å². The van der Waals surface area contributed by atoms with Crippen LogP contribution < -0.4 is 4.90 Å². The molecule has 1 N–H and O–H groups in total. The van der Waals surface area contributed by atoms with Crippen LogP contribution in [-0.4, -0.2) is 38.8 Å². The quantitative estimate of drug-likeness (QED) is 0.725. The average molecular weight is 423 g/mol. The summed E-state index contributed by atoms with van der Waals surface area (Å²) in [6.45, 7) is 3.77. The SMILES string of the molecule is CCOC(=O)C1(S(=O)(=O)c2ccccc2)CC[NH+](Cc2ccc(Cl)cc2)CC1. The predicted octanol–water partition coefficient (Wildman–Crippen LogP) is 2.29. The predicted molar refractivity (Wildman–Crippen MR) is 108 cm³/mol. The third-order valence-corrected chi connectivity index (χ3v) is 8.10. The number of quaternary nitrogens is 1. The van der Waals surface area contributed by atoms with E-state index in [-0.39, 0.29) is 24.3 Å². The number of hydrogen-bond donors (Lipinski definition) is 1. The molecule has 1 aliphatic rings. The summed E-state index contributed by atoms with van der Waals surface area (Å²) in [4.78, 5) is 14.2. The zero-order valence-electron chi connectivity index (χ0n) is 15.9. The van der Waals surface area contributed by atoms with Crippen molar-refractivity contribution < 1.29 is 22.8 Å². The number of esters is 1. The lowest BCUT2D eigenvalue weighted by molar-refractivity contribution is -0.918. The summed E-state index contributed by atoms with van der Waals surface area (Å²) >= 11 is 5.94. The lowest BCUT2D eigenvalue weighted by Gasteiger charge is -2.37. The van der Waals surface area contributed by atoms with Gasteiger partial charge in [-0.3, -0.25) is 4.79 Å². The van der Waals surface area contributed by atoms with Crippen LogP contribution >= 0.6 is 11.6 Å². The van der Waals surface area contributed by atoms with Crippen molar-refractivity contribution in [3.05, 3.63) is 65.2 Å². The topological polar surface area (TPSA) is 64.9 Å². The normalized spacial score (nSPS) is 22.6. The number of ether oxygens (including phenoxy) is 1. The van der Waals surface area contributed by atoms with Crippen LogP contribution in [0.4, 0.5) is 0 Å². The second kappa shape index (κ2) is 8.64. The first-order valence-corrected chi connectivity index (χ1v) is 11.3. The Morgan fingerprint density at radius 3 is 2.25 bits per heavy atom. The third-order valence-electron chi connectivity index (χ3n) is 5.35. The first-order valence-electron chi connectivity index (χ1n) is 9.44. The Bertz CT molecular complexity index is 905. The van der Waals surface area contributed by atoms with Gasteiger partial charge in [0.1, 0.15) is 6.54 Å². The van der Waals surface area contributed by atoms with Crippen LogP contribution in [0.25, 0.3) is 0 Å². The molecule has 2 aromatic carbocycles. The van der Waals surface area contributed by atoms with Gasteiger partial charge in [0.05, 0.1) is 24.6 Å². The number of halogens is 1. The number of hydrogen-bond acceptors (Lipinski definition) is 4. The molecule has 150 valence electrons. The maximum Gasteiger partial charge on any atom is 0.328 e. The molecule has 0 radical (unpaired) electrons. The summed E-state index contributed by atoms with van der Waals surface area (Å²) in [6, 6.07) is 15.8. The molecule has 3 rings (SSSR count). The van der Waals surface area contributed by atoms with Crippen LogP contribution in [0.2, 0.25) is 5.02 Å². The van der Waals surface area contributed by atoms with E-state index in [9.17, 15) is 13.2 Å². The van der Waals surface area contributed by atoms with E-state index >= 15 is 0 Å². The second-order valence-electron chi connectivity index (χ2n) is 7.08. The molecule has 1 saturated heterocycles. The van der Waals surface area contributed by atoms with Gasteiger partial charge in [0, 0.05) is 23.4 Å². The summed E-state index contributed by atoms with van der Waals surface area (Å²) in [5, 5.41) is 0.688. The number of carbonyl (C=O) groups is 1. The van der Waals surface area contributed by atoms with Crippen LogP contribution in [0.15, 0.2) is 59.5 Å².